The molecular weight excluding hydrogens is 531 g/mol. The SMILES string of the molecule is COc1ccc(/C=C(/C(=O)Nc2ccc(S(=O)(=O)Nc3cc(Cl)cc(Cl)c3)cc2)c2ccccc2)cc1. The van der Waals surface area contributed by atoms with Crippen LogP contribution in [0.5, 0.6) is 5.75 Å². The number of rotatable bonds is 8. The molecule has 0 radical (unpaired) electrons. The molecule has 188 valence electrons. The second-order valence-electron chi connectivity index (χ2n) is 7.94. The molecule has 0 unspecified atom stereocenters. The first-order valence-corrected chi connectivity index (χ1v) is 13.3. The Balaban J connectivity index is 1.55. The molecule has 0 aliphatic carbocycles. The molecule has 6 nitrogen and oxygen atoms in total. The topological polar surface area (TPSA) is 84.5 Å². The second kappa shape index (κ2) is 11.5. The van der Waals surface area contributed by atoms with E-state index in [2.05, 4.69) is 10.0 Å². The third kappa shape index (κ3) is 6.92. The zero-order chi connectivity index (χ0) is 26.4. The van der Waals surface area contributed by atoms with E-state index in [9.17, 15) is 13.2 Å². The Labute approximate surface area is 225 Å². The minimum Gasteiger partial charge on any atom is -0.497 e. The van der Waals surface area contributed by atoms with Crippen LogP contribution in [-0.4, -0.2) is 21.4 Å². The Morgan fingerprint density at radius 2 is 1.43 bits per heavy atom. The van der Waals surface area contributed by atoms with E-state index in [-0.39, 0.29) is 16.5 Å². The summed E-state index contributed by atoms with van der Waals surface area (Å²) in [6, 6.07) is 26.9. The van der Waals surface area contributed by atoms with Gasteiger partial charge >= 0.3 is 0 Å². The van der Waals surface area contributed by atoms with Crippen molar-refractivity contribution < 1.29 is 17.9 Å². The molecule has 37 heavy (non-hydrogen) atoms. The van der Waals surface area contributed by atoms with Gasteiger partial charge in [0, 0.05) is 21.3 Å². The molecule has 4 aromatic carbocycles. The molecule has 1 amide bonds. The Bertz CT molecular complexity index is 1520. The summed E-state index contributed by atoms with van der Waals surface area (Å²) in [6.45, 7) is 0. The summed E-state index contributed by atoms with van der Waals surface area (Å²) in [7, 11) is -2.31. The number of ether oxygens (including phenoxy) is 1. The molecule has 0 aromatic heterocycles. The summed E-state index contributed by atoms with van der Waals surface area (Å²) in [5.41, 5.74) is 2.68. The summed E-state index contributed by atoms with van der Waals surface area (Å²) >= 11 is 11.9. The van der Waals surface area contributed by atoms with Crippen LogP contribution in [0.1, 0.15) is 11.1 Å². The average molecular weight is 553 g/mol. The van der Waals surface area contributed by atoms with Gasteiger partial charge in [-0.1, -0.05) is 65.7 Å². The number of carbonyl (C=O) groups is 1. The van der Waals surface area contributed by atoms with Crippen LogP contribution in [0.3, 0.4) is 0 Å². The Morgan fingerprint density at radius 1 is 0.811 bits per heavy atom. The number of nitrogens with one attached hydrogen (secondary N) is 2. The maximum absolute atomic E-state index is 13.3. The van der Waals surface area contributed by atoms with E-state index >= 15 is 0 Å². The summed E-state index contributed by atoms with van der Waals surface area (Å²) in [6.07, 6.45) is 1.78. The van der Waals surface area contributed by atoms with E-state index in [0.29, 0.717) is 27.1 Å². The van der Waals surface area contributed by atoms with Crippen molar-refractivity contribution in [2.75, 3.05) is 17.1 Å². The maximum Gasteiger partial charge on any atom is 0.261 e. The van der Waals surface area contributed by atoms with Gasteiger partial charge in [0.1, 0.15) is 5.75 Å². The standard InChI is InChI=1S/C28H22Cl2N2O4S/c1-36-25-11-7-19(8-12-25)15-27(20-5-3-2-4-6-20)28(33)31-23-9-13-26(14-10-23)37(34,35)32-24-17-21(29)16-22(30)18-24/h2-18,32H,1H3,(H,31,33)/b27-15+. The van der Waals surface area contributed by atoms with Crippen molar-refractivity contribution >= 4 is 62.2 Å². The van der Waals surface area contributed by atoms with Crippen molar-refractivity contribution in [3.05, 3.63) is 118 Å². The van der Waals surface area contributed by atoms with Crippen LogP contribution in [0.4, 0.5) is 11.4 Å². The van der Waals surface area contributed by atoms with Crippen LogP contribution in [0, 0.1) is 0 Å². The third-order valence-corrected chi connectivity index (χ3v) is 7.13. The fraction of sp³-hybridized carbons (Fsp3) is 0.0357. The van der Waals surface area contributed by atoms with Crippen molar-refractivity contribution in [2.45, 2.75) is 4.90 Å². The lowest BCUT2D eigenvalue weighted by Crippen LogP contribution is -2.15. The highest BCUT2D eigenvalue weighted by Gasteiger charge is 2.17. The molecule has 0 bridgehead atoms. The van der Waals surface area contributed by atoms with E-state index in [4.69, 9.17) is 27.9 Å². The van der Waals surface area contributed by atoms with E-state index in [1.54, 1.807) is 13.2 Å². The normalized spacial score (nSPS) is 11.6. The summed E-state index contributed by atoms with van der Waals surface area (Å²) in [5.74, 6) is 0.371. The lowest BCUT2D eigenvalue weighted by Gasteiger charge is -2.12. The predicted molar refractivity (Wildman–Crippen MR) is 150 cm³/mol. The first kappa shape index (κ1) is 26.3. The Kier molecular flexibility index (Phi) is 8.18. The molecule has 0 aliphatic heterocycles. The molecular formula is C28H22Cl2N2O4S. The number of anilines is 2. The lowest BCUT2D eigenvalue weighted by atomic mass is 10.0. The number of benzene rings is 4. The number of hydrogen-bond acceptors (Lipinski definition) is 4. The highest BCUT2D eigenvalue weighted by atomic mass is 35.5. The van der Waals surface area contributed by atoms with Gasteiger partial charge < -0.3 is 10.1 Å². The molecule has 4 aromatic rings. The number of sulfonamides is 1. The van der Waals surface area contributed by atoms with Crippen molar-refractivity contribution in [3.63, 3.8) is 0 Å². The van der Waals surface area contributed by atoms with Crippen LogP contribution in [0.2, 0.25) is 10.0 Å². The van der Waals surface area contributed by atoms with Gasteiger partial charge in [-0.2, -0.15) is 0 Å². The number of amides is 1. The fourth-order valence-electron chi connectivity index (χ4n) is 3.51. The van der Waals surface area contributed by atoms with Crippen LogP contribution in [0.25, 0.3) is 11.6 Å². The predicted octanol–water partition coefficient (Wildman–Crippen LogP) is 6.98. The van der Waals surface area contributed by atoms with Gasteiger partial charge in [0.2, 0.25) is 0 Å². The van der Waals surface area contributed by atoms with E-state index in [1.165, 1.54) is 42.5 Å². The molecule has 0 saturated carbocycles. The van der Waals surface area contributed by atoms with E-state index in [0.717, 1.165) is 11.1 Å². The summed E-state index contributed by atoms with van der Waals surface area (Å²) < 4.78 is 33.2. The van der Waals surface area contributed by atoms with Crippen LogP contribution in [-0.2, 0) is 14.8 Å². The molecule has 2 N–H and O–H groups in total. The molecule has 9 heteroatoms. The molecule has 0 heterocycles. The van der Waals surface area contributed by atoms with Crippen LogP contribution < -0.4 is 14.8 Å². The summed E-state index contributed by atoms with van der Waals surface area (Å²) in [5, 5.41) is 3.46. The smallest absolute Gasteiger partial charge is 0.261 e. The highest BCUT2D eigenvalue weighted by Crippen LogP contribution is 2.26. The average Bonchev–Trinajstić information content (AvgIpc) is 2.87. The van der Waals surface area contributed by atoms with Crippen molar-refractivity contribution in [1.29, 1.82) is 0 Å². The van der Waals surface area contributed by atoms with Crippen LogP contribution >= 0.6 is 23.2 Å². The number of methoxy groups -OCH3 is 1. The van der Waals surface area contributed by atoms with Gasteiger partial charge in [-0.05, 0) is 71.8 Å². The third-order valence-electron chi connectivity index (χ3n) is 5.29. The van der Waals surface area contributed by atoms with Crippen LogP contribution in [0.15, 0.2) is 102 Å². The van der Waals surface area contributed by atoms with Gasteiger partial charge in [0.25, 0.3) is 15.9 Å². The molecule has 0 fully saturated rings. The van der Waals surface area contributed by atoms with Crippen molar-refractivity contribution in [2.24, 2.45) is 0 Å². The quantitative estimate of drug-likeness (QED) is 0.182. The first-order valence-electron chi connectivity index (χ1n) is 11.0. The number of carbonyl (C=O) groups excluding carboxylic acids is 1. The van der Waals surface area contributed by atoms with Crippen molar-refractivity contribution in [3.8, 4) is 5.75 Å². The highest BCUT2D eigenvalue weighted by molar-refractivity contribution is 7.92. The minimum atomic E-state index is -3.90. The van der Waals surface area contributed by atoms with Gasteiger partial charge in [-0.15, -0.1) is 0 Å². The molecule has 0 aliphatic rings. The van der Waals surface area contributed by atoms with Gasteiger partial charge in [0.15, 0.2) is 0 Å². The Hall–Kier alpha value is -3.78. The zero-order valence-corrected chi connectivity index (χ0v) is 21.9. The number of hydrogen-bond donors (Lipinski definition) is 2. The summed E-state index contributed by atoms with van der Waals surface area (Å²) in [4.78, 5) is 13.3. The van der Waals surface area contributed by atoms with Crippen molar-refractivity contribution in [1.82, 2.24) is 0 Å². The van der Waals surface area contributed by atoms with E-state index < -0.39 is 10.0 Å². The maximum atomic E-state index is 13.3. The van der Waals surface area contributed by atoms with Gasteiger partial charge in [-0.3, -0.25) is 9.52 Å². The van der Waals surface area contributed by atoms with Gasteiger partial charge in [-0.25, -0.2) is 8.42 Å². The second-order valence-corrected chi connectivity index (χ2v) is 10.5. The van der Waals surface area contributed by atoms with E-state index in [1.807, 2.05) is 54.6 Å². The van der Waals surface area contributed by atoms with Gasteiger partial charge in [0.05, 0.1) is 17.7 Å². The molecule has 0 saturated heterocycles. The minimum absolute atomic E-state index is 0.0126. The zero-order valence-electron chi connectivity index (χ0n) is 19.6. The molecule has 0 spiro atoms. The Morgan fingerprint density at radius 3 is 2.03 bits per heavy atom. The number of halogens is 2. The molecule has 0 atom stereocenters. The monoisotopic (exact) mass is 552 g/mol. The first-order chi connectivity index (χ1) is 17.7. The molecule has 4 rings (SSSR count). The largest absolute Gasteiger partial charge is 0.497 e. The fourth-order valence-corrected chi connectivity index (χ4v) is 5.07. The lowest BCUT2D eigenvalue weighted by molar-refractivity contribution is -0.111.